The van der Waals surface area contributed by atoms with Crippen LogP contribution >= 0.6 is 34.8 Å². The zero-order valence-electron chi connectivity index (χ0n) is 8.27. The number of anilines is 2. The van der Waals surface area contributed by atoms with Crippen LogP contribution < -0.4 is 11.1 Å². The predicted molar refractivity (Wildman–Crippen MR) is 67.3 cm³/mol. The van der Waals surface area contributed by atoms with Gasteiger partial charge in [0, 0.05) is 12.3 Å². The second-order valence-corrected chi connectivity index (χ2v) is 4.18. The van der Waals surface area contributed by atoms with Gasteiger partial charge in [0.2, 0.25) is 5.91 Å². The summed E-state index contributed by atoms with van der Waals surface area (Å²) in [5.74, 6) is 0.379. The Kier molecular flexibility index (Phi) is 5.12. The number of nitrogens with zero attached hydrogens (tertiary/aromatic N) is 1. The molecule has 1 aromatic heterocycles. The van der Waals surface area contributed by atoms with E-state index in [2.05, 4.69) is 10.3 Å². The number of amides is 1. The standard InChI is InChI=1S/C9H10Cl3N3O/c10-3-1-2-7(16)14-6-4-5(11)8(12)15-9(6)13/h4H,1-3H2,(H2,13,15)(H,14,16). The molecule has 0 saturated carbocycles. The number of nitrogen functional groups attached to an aromatic ring is 1. The molecule has 0 fully saturated rings. The number of hydrogen-bond donors (Lipinski definition) is 2. The van der Waals surface area contributed by atoms with Gasteiger partial charge in [-0.1, -0.05) is 23.2 Å². The van der Waals surface area contributed by atoms with Crippen molar-refractivity contribution >= 4 is 52.2 Å². The molecule has 0 aliphatic heterocycles. The van der Waals surface area contributed by atoms with Crippen LogP contribution in [0.3, 0.4) is 0 Å². The average Bonchev–Trinajstić information content (AvgIpc) is 2.23. The maximum absolute atomic E-state index is 11.4. The number of aromatic nitrogens is 1. The van der Waals surface area contributed by atoms with Crippen molar-refractivity contribution in [2.45, 2.75) is 12.8 Å². The summed E-state index contributed by atoms with van der Waals surface area (Å²) in [6.45, 7) is 0. The lowest BCUT2D eigenvalue weighted by Crippen LogP contribution is -2.13. The highest BCUT2D eigenvalue weighted by molar-refractivity contribution is 6.41. The number of carbonyl (C=O) groups is 1. The minimum absolute atomic E-state index is 0.109. The van der Waals surface area contributed by atoms with E-state index in [1.54, 1.807) is 0 Å². The van der Waals surface area contributed by atoms with Gasteiger partial charge >= 0.3 is 0 Å². The maximum atomic E-state index is 11.4. The van der Waals surface area contributed by atoms with E-state index in [-0.39, 0.29) is 21.9 Å². The molecule has 1 rings (SSSR count). The van der Waals surface area contributed by atoms with Gasteiger partial charge in [-0.15, -0.1) is 11.6 Å². The normalized spacial score (nSPS) is 10.2. The van der Waals surface area contributed by atoms with Gasteiger partial charge < -0.3 is 11.1 Å². The molecule has 1 heterocycles. The zero-order chi connectivity index (χ0) is 12.1. The largest absolute Gasteiger partial charge is 0.382 e. The molecule has 4 nitrogen and oxygen atoms in total. The van der Waals surface area contributed by atoms with Crippen molar-refractivity contribution in [3.05, 3.63) is 16.2 Å². The first-order valence-electron chi connectivity index (χ1n) is 4.52. The second kappa shape index (κ2) is 6.13. The fourth-order valence-electron chi connectivity index (χ4n) is 1.02. The van der Waals surface area contributed by atoms with Crippen molar-refractivity contribution in [2.24, 2.45) is 0 Å². The number of nitrogens with two attached hydrogens (primary N) is 1. The van der Waals surface area contributed by atoms with E-state index in [9.17, 15) is 4.79 Å². The first kappa shape index (κ1) is 13.4. The third-order valence-electron chi connectivity index (χ3n) is 1.77. The Labute approximate surface area is 108 Å². The van der Waals surface area contributed by atoms with E-state index in [1.165, 1.54) is 6.07 Å². The van der Waals surface area contributed by atoms with E-state index in [0.717, 1.165) is 0 Å². The van der Waals surface area contributed by atoms with E-state index < -0.39 is 0 Å². The fraction of sp³-hybridized carbons (Fsp3) is 0.333. The van der Waals surface area contributed by atoms with Crippen LogP contribution in [0.25, 0.3) is 0 Å². The number of pyridine rings is 1. The summed E-state index contributed by atoms with van der Waals surface area (Å²) >= 11 is 16.9. The van der Waals surface area contributed by atoms with Crippen LogP contribution in [0.15, 0.2) is 6.07 Å². The van der Waals surface area contributed by atoms with E-state index in [1.807, 2.05) is 0 Å². The summed E-state index contributed by atoms with van der Waals surface area (Å²) in [7, 11) is 0. The Balaban J connectivity index is 2.73. The molecule has 0 saturated heterocycles. The molecule has 0 spiro atoms. The van der Waals surface area contributed by atoms with Gasteiger partial charge in [0.1, 0.15) is 11.0 Å². The van der Waals surface area contributed by atoms with Crippen molar-refractivity contribution in [3.63, 3.8) is 0 Å². The Morgan fingerprint density at radius 1 is 1.50 bits per heavy atom. The number of hydrogen-bond acceptors (Lipinski definition) is 3. The molecule has 88 valence electrons. The lowest BCUT2D eigenvalue weighted by atomic mass is 10.3. The van der Waals surface area contributed by atoms with Crippen LogP contribution in [-0.2, 0) is 4.79 Å². The molecule has 3 N–H and O–H groups in total. The first-order valence-corrected chi connectivity index (χ1v) is 5.81. The van der Waals surface area contributed by atoms with E-state index in [4.69, 9.17) is 40.5 Å². The van der Waals surface area contributed by atoms with Gasteiger partial charge in [-0.25, -0.2) is 4.98 Å². The first-order chi connectivity index (χ1) is 7.54. The fourth-order valence-corrected chi connectivity index (χ4v) is 1.45. The maximum Gasteiger partial charge on any atom is 0.224 e. The van der Waals surface area contributed by atoms with Crippen molar-refractivity contribution in [2.75, 3.05) is 16.9 Å². The topological polar surface area (TPSA) is 68.0 Å². The highest BCUT2D eigenvalue weighted by atomic mass is 35.5. The highest BCUT2D eigenvalue weighted by Crippen LogP contribution is 2.27. The quantitative estimate of drug-likeness (QED) is 0.659. The van der Waals surface area contributed by atoms with E-state index in [0.29, 0.717) is 24.4 Å². The molecule has 0 aliphatic rings. The lowest BCUT2D eigenvalue weighted by Gasteiger charge is -2.08. The molecule has 0 bridgehead atoms. The summed E-state index contributed by atoms with van der Waals surface area (Å²) < 4.78 is 0. The summed E-state index contributed by atoms with van der Waals surface area (Å²) in [6.07, 6.45) is 0.922. The van der Waals surface area contributed by atoms with Crippen LogP contribution in [0.2, 0.25) is 10.2 Å². The minimum Gasteiger partial charge on any atom is -0.382 e. The van der Waals surface area contributed by atoms with Gasteiger partial charge in [0.15, 0.2) is 0 Å². The molecule has 0 aliphatic carbocycles. The number of carbonyl (C=O) groups excluding carboxylic acids is 1. The van der Waals surface area contributed by atoms with Crippen LogP contribution in [-0.4, -0.2) is 16.8 Å². The van der Waals surface area contributed by atoms with Crippen molar-refractivity contribution in [1.29, 1.82) is 0 Å². The van der Waals surface area contributed by atoms with Crippen LogP contribution in [0, 0.1) is 0 Å². The molecular weight excluding hydrogens is 272 g/mol. The SMILES string of the molecule is Nc1nc(Cl)c(Cl)cc1NC(=O)CCCCl. The number of halogens is 3. The highest BCUT2D eigenvalue weighted by Gasteiger charge is 2.09. The average molecular weight is 283 g/mol. The van der Waals surface area contributed by atoms with Crippen LogP contribution in [0.4, 0.5) is 11.5 Å². The number of rotatable bonds is 4. The van der Waals surface area contributed by atoms with Crippen molar-refractivity contribution < 1.29 is 4.79 Å². The monoisotopic (exact) mass is 281 g/mol. The Bertz CT molecular complexity index is 398. The molecule has 0 aromatic carbocycles. The van der Waals surface area contributed by atoms with Gasteiger partial charge in [-0.2, -0.15) is 0 Å². The molecule has 1 amide bonds. The molecule has 0 atom stereocenters. The number of nitrogens with one attached hydrogen (secondary N) is 1. The Morgan fingerprint density at radius 2 is 2.19 bits per heavy atom. The predicted octanol–water partition coefficient (Wildman–Crippen LogP) is 2.93. The molecule has 0 radical (unpaired) electrons. The van der Waals surface area contributed by atoms with Gasteiger partial charge in [-0.3, -0.25) is 4.79 Å². The van der Waals surface area contributed by atoms with Crippen molar-refractivity contribution in [3.8, 4) is 0 Å². The molecular formula is C9H10Cl3N3O. The van der Waals surface area contributed by atoms with E-state index >= 15 is 0 Å². The second-order valence-electron chi connectivity index (χ2n) is 3.03. The third-order valence-corrected chi connectivity index (χ3v) is 2.71. The summed E-state index contributed by atoms with van der Waals surface area (Å²) in [5, 5.41) is 2.93. The Morgan fingerprint density at radius 3 is 2.81 bits per heavy atom. The lowest BCUT2D eigenvalue weighted by molar-refractivity contribution is -0.116. The summed E-state index contributed by atoms with van der Waals surface area (Å²) in [4.78, 5) is 15.2. The van der Waals surface area contributed by atoms with Crippen LogP contribution in [0.1, 0.15) is 12.8 Å². The smallest absolute Gasteiger partial charge is 0.224 e. The molecule has 16 heavy (non-hydrogen) atoms. The van der Waals surface area contributed by atoms with Gasteiger partial charge in [0.25, 0.3) is 0 Å². The summed E-state index contributed by atoms with van der Waals surface area (Å²) in [6, 6.07) is 1.46. The Hall–Kier alpha value is -0.710. The molecule has 1 aromatic rings. The van der Waals surface area contributed by atoms with Gasteiger partial charge in [-0.05, 0) is 12.5 Å². The molecule has 0 unspecified atom stereocenters. The van der Waals surface area contributed by atoms with Crippen molar-refractivity contribution in [1.82, 2.24) is 4.98 Å². The molecule has 7 heteroatoms. The number of alkyl halides is 1. The zero-order valence-corrected chi connectivity index (χ0v) is 10.5. The van der Waals surface area contributed by atoms with Gasteiger partial charge in [0.05, 0.1) is 10.7 Å². The minimum atomic E-state index is -0.187. The van der Waals surface area contributed by atoms with Crippen LogP contribution in [0.5, 0.6) is 0 Å². The summed E-state index contributed by atoms with van der Waals surface area (Å²) in [5.41, 5.74) is 5.93. The third kappa shape index (κ3) is 3.70.